The van der Waals surface area contributed by atoms with E-state index < -0.39 is 12.1 Å². The number of hydrogen-bond acceptors (Lipinski definition) is 3. The fourth-order valence-electron chi connectivity index (χ4n) is 4.54. The SMILES string of the molecule is C[C@H](CC(=O)O)CC(=O)c1c(C(O)CCCCCc2ccc(F)cc2)n(C)c2ccc(Cl)cc12. The highest BCUT2D eigenvalue weighted by atomic mass is 35.5. The molecule has 7 heteroatoms. The first-order valence-electron chi connectivity index (χ1n) is 11.6. The number of halogens is 2. The smallest absolute Gasteiger partial charge is 0.303 e. The molecule has 2 aromatic carbocycles. The molecule has 0 radical (unpaired) electrons. The molecule has 182 valence electrons. The zero-order valence-electron chi connectivity index (χ0n) is 19.6. The van der Waals surface area contributed by atoms with Crippen molar-refractivity contribution in [3.8, 4) is 0 Å². The second-order valence-electron chi connectivity index (χ2n) is 9.05. The van der Waals surface area contributed by atoms with E-state index in [-0.39, 0.29) is 30.4 Å². The van der Waals surface area contributed by atoms with Gasteiger partial charge in [0.25, 0.3) is 0 Å². The number of aliphatic hydroxyl groups is 1. The number of unbranched alkanes of at least 4 members (excludes halogenated alkanes) is 2. The molecule has 0 amide bonds. The minimum Gasteiger partial charge on any atom is -0.481 e. The third-order valence-electron chi connectivity index (χ3n) is 6.21. The molecule has 3 aromatic rings. The van der Waals surface area contributed by atoms with Crippen molar-refractivity contribution in [2.75, 3.05) is 0 Å². The van der Waals surface area contributed by atoms with E-state index in [1.807, 2.05) is 17.7 Å². The Morgan fingerprint density at radius 3 is 2.44 bits per heavy atom. The van der Waals surface area contributed by atoms with Crippen LogP contribution in [-0.2, 0) is 18.3 Å². The molecule has 2 atom stereocenters. The maximum absolute atomic E-state index is 13.3. The van der Waals surface area contributed by atoms with Crippen LogP contribution < -0.4 is 0 Å². The van der Waals surface area contributed by atoms with Gasteiger partial charge in [-0.3, -0.25) is 9.59 Å². The lowest BCUT2D eigenvalue weighted by Crippen LogP contribution is -2.14. The van der Waals surface area contributed by atoms with Crippen molar-refractivity contribution in [2.24, 2.45) is 13.0 Å². The Kier molecular flexibility index (Phi) is 8.86. The maximum atomic E-state index is 13.3. The molecule has 0 aliphatic rings. The second-order valence-corrected chi connectivity index (χ2v) is 9.49. The summed E-state index contributed by atoms with van der Waals surface area (Å²) >= 11 is 6.21. The van der Waals surface area contributed by atoms with Crippen LogP contribution in [0.4, 0.5) is 4.39 Å². The van der Waals surface area contributed by atoms with Crippen LogP contribution in [0, 0.1) is 11.7 Å². The van der Waals surface area contributed by atoms with Gasteiger partial charge in [0, 0.05) is 41.4 Å². The molecule has 0 bridgehead atoms. The molecular weight excluding hydrogens is 457 g/mol. The number of rotatable bonds is 12. The van der Waals surface area contributed by atoms with Crippen molar-refractivity contribution in [3.63, 3.8) is 0 Å². The minimum absolute atomic E-state index is 0.0787. The van der Waals surface area contributed by atoms with Crippen LogP contribution in [0.15, 0.2) is 42.5 Å². The largest absolute Gasteiger partial charge is 0.481 e. The number of carboxylic acids is 1. The van der Waals surface area contributed by atoms with Crippen LogP contribution in [0.1, 0.15) is 73.2 Å². The van der Waals surface area contributed by atoms with Crippen LogP contribution in [0.5, 0.6) is 0 Å². The molecule has 0 fully saturated rings. The molecule has 3 rings (SSSR count). The number of aliphatic hydroxyl groups excluding tert-OH is 1. The van der Waals surface area contributed by atoms with Gasteiger partial charge >= 0.3 is 5.97 Å². The van der Waals surface area contributed by atoms with Crippen LogP contribution in [0.2, 0.25) is 5.02 Å². The number of nitrogens with zero attached hydrogens (tertiary/aromatic N) is 1. The van der Waals surface area contributed by atoms with E-state index in [4.69, 9.17) is 16.7 Å². The van der Waals surface area contributed by atoms with E-state index in [1.54, 1.807) is 31.2 Å². The topological polar surface area (TPSA) is 79.5 Å². The number of ketones is 1. The fraction of sp³-hybridized carbons (Fsp3) is 0.407. The number of benzene rings is 2. The van der Waals surface area contributed by atoms with Crippen molar-refractivity contribution in [1.82, 2.24) is 4.57 Å². The predicted octanol–water partition coefficient (Wildman–Crippen LogP) is 6.49. The monoisotopic (exact) mass is 487 g/mol. The Balaban J connectivity index is 1.73. The normalized spacial score (nSPS) is 13.2. The second kappa shape index (κ2) is 11.6. The summed E-state index contributed by atoms with van der Waals surface area (Å²) in [7, 11) is 1.82. The summed E-state index contributed by atoms with van der Waals surface area (Å²) in [5.41, 5.74) is 2.85. The lowest BCUT2D eigenvalue weighted by Gasteiger charge is -2.16. The Morgan fingerprint density at radius 2 is 1.76 bits per heavy atom. The van der Waals surface area contributed by atoms with Gasteiger partial charge in [-0.25, -0.2) is 4.39 Å². The zero-order valence-corrected chi connectivity index (χ0v) is 20.3. The molecule has 5 nitrogen and oxygen atoms in total. The third kappa shape index (κ3) is 6.45. The van der Waals surface area contributed by atoms with Gasteiger partial charge in [-0.1, -0.05) is 43.5 Å². The van der Waals surface area contributed by atoms with Crippen LogP contribution in [0.3, 0.4) is 0 Å². The lowest BCUT2D eigenvalue weighted by atomic mass is 9.93. The van der Waals surface area contributed by atoms with Crippen LogP contribution in [-0.4, -0.2) is 26.5 Å². The van der Waals surface area contributed by atoms with Gasteiger partial charge in [-0.05, 0) is 61.1 Å². The van der Waals surface area contributed by atoms with Crippen molar-refractivity contribution >= 4 is 34.3 Å². The first kappa shape index (κ1) is 25.9. The Labute approximate surface area is 204 Å². The van der Waals surface area contributed by atoms with E-state index in [9.17, 15) is 19.1 Å². The van der Waals surface area contributed by atoms with Gasteiger partial charge in [0.1, 0.15) is 5.82 Å². The van der Waals surface area contributed by atoms with E-state index in [0.29, 0.717) is 28.1 Å². The summed E-state index contributed by atoms with van der Waals surface area (Å²) in [6, 6.07) is 11.8. The van der Waals surface area contributed by atoms with Crippen LogP contribution in [0.25, 0.3) is 10.9 Å². The first-order chi connectivity index (χ1) is 16.2. The molecule has 0 spiro atoms. The first-order valence-corrected chi connectivity index (χ1v) is 12.0. The van der Waals surface area contributed by atoms with Gasteiger partial charge in [-0.2, -0.15) is 0 Å². The molecule has 34 heavy (non-hydrogen) atoms. The summed E-state index contributed by atoms with van der Waals surface area (Å²) in [5, 5.41) is 21.3. The molecule has 0 aliphatic carbocycles. The molecule has 1 aromatic heterocycles. The van der Waals surface area contributed by atoms with Gasteiger partial charge in [0.2, 0.25) is 0 Å². The number of Topliss-reactive ketones (excluding diaryl/α,β-unsaturated/α-hetero) is 1. The predicted molar refractivity (Wildman–Crippen MR) is 132 cm³/mol. The summed E-state index contributed by atoms with van der Waals surface area (Å²) in [6.45, 7) is 1.74. The molecule has 0 saturated heterocycles. The number of aromatic nitrogens is 1. The van der Waals surface area contributed by atoms with E-state index in [1.165, 1.54) is 12.1 Å². The summed E-state index contributed by atoms with van der Waals surface area (Å²) in [5.74, 6) is -1.70. The van der Waals surface area contributed by atoms with Crippen molar-refractivity contribution in [2.45, 2.75) is 58.0 Å². The average molecular weight is 488 g/mol. The molecule has 2 N–H and O–H groups in total. The minimum atomic E-state index is -0.942. The maximum Gasteiger partial charge on any atom is 0.303 e. The van der Waals surface area contributed by atoms with E-state index in [2.05, 4.69) is 0 Å². The molecule has 1 heterocycles. The average Bonchev–Trinajstić information content (AvgIpc) is 3.05. The fourth-order valence-corrected chi connectivity index (χ4v) is 4.71. The van der Waals surface area contributed by atoms with Gasteiger partial charge in [-0.15, -0.1) is 0 Å². The number of aryl methyl sites for hydroxylation is 2. The number of carboxylic acid groups (broad SMARTS) is 1. The quantitative estimate of drug-likeness (QED) is 0.226. The number of carbonyl (C=O) groups is 2. The molecule has 0 aliphatic heterocycles. The molecular formula is C27H31ClFNO4. The number of fused-ring (bicyclic) bond motifs is 1. The molecule has 1 unspecified atom stereocenters. The summed E-state index contributed by atoms with van der Waals surface area (Å²) in [6.07, 6.45) is 3.06. The van der Waals surface area contributed by atoms with E-state index >= 15 is 0 Å². The highest BCUT2D eigenvalue weighted by Gasteiger charge is 2.27. The Hall–Kier alpha value is -2.70. The van der Waals surface area contributed by atoms with Gasteiger partial charge < -0.3 is 14.8 Å². The van der Waals surface area contributed by atoms with E-state index in [0.717, 1.165) is 36.8 Å². The highest BCUT2D eigenvalue weighted by Crippen LogP contribution is 2.35. The summed E-state index contributed by atoms with van der Waals surface area (Å²) in [4.78, 5) is 24.3. The van der Waals surface area contributed by atoms with Crippen molar-refractivity contribution in [3.05, 3.63) is 70.1 Å². The highest BCUT2D eigenvalue weighted by molar-refractivity contribution is 6.31. The Morgan fingerprint density at radius 1 is 1.06 bits per heavy atom. The van der Waals surface area contributed by atoms with Gasteiger partial charge in [0.05, 0.1) is 11.8 Å². The standard InChI is InChI=1S/C27H31ClFNO4/c1-17(15-25(33)34)14-24(32)26-21-16-19(28)10-13-22(21)30(2)27(26)23(31)7-5-3-4-6-18-8-11-20(29)12-9-18/h8-13,16-17,23,31H,3-7,14-15H2,1-2H3,(H,33,34)/t17-,23?/m0/s1. The summed E-state index contributed by atoms with van der Waals surface area (Å²) < 4.78 is 14.9. The number of hydrogen-bond donors (Lipinski definition) is 2. The van der Waals surface area contributed by atoms with Crippen LogP contribution >= 0.6 is 11.6 Å². The lowest BCUT2D eigenvalue weighted by molar-refractivity contribution is -0.137. The van der Waals surface area contributed by atoms with Crippen molar-refractivity contribution in [1.29, 1.82) is 0 Å². The Bertz CT molecular complexity index is 1160. The van der Waals surface area contributed by atoms with Gasteiger partial charge in [0.15, 0.2) is 5.78 Å². The molecule has 0 saturated carbocycles. The number of carbonyl (C=O) groups excluding carboxylic acids is 1. The zero-order chi connectivity index (χ0) is 24.8. The van der Waals surface area contributed by atoms with Crippen molar-refractivity contribution < 1.29 is 24.2 Å². The number of aliphatic carboxylic acids is 1. The third-order valence-corrected chi connectivity index (χ3v) is 6.45.